The Morgan fingerprint density at radius 3 is 2.57 bits per heavy atom. The summed E-state index contributed by atoms with van der Waals surface area (Å²) in [5.74, 6) is -1.25. The molecular formula is C18H31N5O5. The van der Waals surface area contributed by atoms with Gasteiger partial charge in [0.15, 0.2) is 0 Å². The highest BCUT2D eigenvalue weighted by Gasteiger charge is 2.30. The van der Waals surface area contributed by atoms with E-state index in [2.05, 4.69) is 26.6 Å². The average Bonchev–Trinajstić information content (AvgIpc) is 2.62. The Morgan fingerprint density at radius 2 is 1.96 bits per heavy atom. The third-order valence-electron chi connectivity index (χ3n) is 4.39. The molecule has 6 N–H and O–H groups in total. The first-order valence-corrected chi connectivity index (χ1v) is 9.37. The van der Waals surface area contributed by atoms with Crippen LogP contribution >= 0.6 is 0 Å². The number of hydrogen-bond donors (Lipinski definition) is 6. The van der Waals surface area contributed by atoms with E-state index < -0.39 is 42.1 Å². The van der Waals surface area contributed by atoms with E-state index >= 15 is 0 Å². The van der Waals surface area contributed by atoms with E-state index in [4.69, 9.17) is 0 Å². The number of hydrogen-bond acceptors (Lipinski definition) is 5. The van der Waals surface area contributed by atoms with Gasteiger partial charge in [-0.1, -0.05) is 13.0 Å². The quantitative estimate of drug-likeness (QED) is 0.351. The minimum atomic E-state index is -1.21. The fraction of sp³-hybridized carbons (Fsp3) is 0.667. The van der Waals surface area contributed by atoms with Crippen LogP contribution in [0.3, 0.4) is 0 Å². The van der Waals surface area contributed by atoms with Crippen LogP contribution < -0.4 is 26.6 Å². The average molecular weight is 397 g/mol. The molecule has 0 aromatic heterocycles. The molecule has 0 aliphatic carbocycles. The number of rotatable bonds is 4. The first-order chi connectivity index (χ1) is 13.1. The molecule has 1 aliphatic rings. The van der Waals surface area contributed by atoms with E-state index in [0.29, 0.717) is 19.4 Å². The van der Waals surface area contributed by atoms with Crippen LogP contribution in [-0.2, 0) is 14.4 Å². The molecule has 5 amide bonds. The summed E-state index contributed by atoms with van der Waals surface area (Å²) in [5.41, 5.74) is 0. The van der Waals surface area contributed by atoms with Gasteiger partial charge >= 0.3 is 6.03 Å². The summed E-state index contributed by atoms with van der Waals surface area (Å²) in [6.07, 6.45) is 2.74. The molecule has 0 aromatic rings. The molecule has 1 aliphatic heterocycles. The number of amides is 5. The van der Waals surface area contributed by atoms with Gasteiger partial charge in [-0.15, -0.1) is 0 Å². The summed E-state index contributed by atoms with van der Waals surface area (Å²) < 4.78 is 0. The zero-order valence-corrected chi connectivity index (χ0v) is 16.7. The van der Waals surface area contributed by atoms with Gasteiger partial charge in [-0.3, -0.25) is 14.4 Å². The summed E-state index contributed by atoms with van der Waals surface area (Å²) >= 11 is 0. The van der Waals surface area contributed by atoms with Gasteiger partial charge in [0, 0.05) is 25.7 Å². The lowest BCUT2D eigenvalue weighted by molar-refractivity contribution is -0.131. The van der Waals surface area contributed by atoms with Crippen molar-refractivity contribution >= 4 is 23.8 Å². The van der Waals surface area contributed by atoms with Gasteiger partial charge in [-0.2, -0.15) is 0 Å². The molecule has 0 saturated carbocycles. The molecule has 0 radical (unpaired) electrons. The number of aliphatic hydroxyl groups is 1. The zero-order chi connectivity index (χ0) is 21.3. The van der Waals surface area contributed by atoms with Crippen LogP contribution in [0.2, 0.25) is 0 Å². The molecule has 0 spiro atoms. The van der Waals surface area contributed by atoms with Crippen molar-refractivity contribution in [1.29, 1.82) is 0 Å². The molecule has 5 unspecified atom stereocenters. The number of carbonyl (C=O) groups is 4. The maximum absolute atomic E-state index is 12.7. The van der Waals surface area contributed by atoms with Gasteiger partial charge in [-0.25, -0.2) is 4.79 Å². The largest absolute Gasteiger partial charge is 0.391 e. The van der Waals surface area contributed by atoms with Gasteiger partial charge in [0.2, 0.25) is 17.7 Å². The van der Waals surface area contributed by atoms with Crippen molar-refractivity contribution in [3.63, 3.8) is 0 Å². The van der Waals surface area contributed by atoms with Crippen molar-refractivity contribution < 1.29 is 24.3 Å². The van der Waals surface area contributed by atoms with Crippen molar-refractivity contribution in [2.24, 2.45) is 5.92 Å². The van der Waals surface area contributed by atoms with E-state index in [0.717, 1.165) is 0 Å². The van der Waals surface area contributed by atoms with Crippen molar-refractivity contribution in [2.45, 2.75) is 57.8 Å². The van der Waals surface area contributed by atoms with Crippen molar-refractivity contribution in [2.75, 3.05) is 13.6 Å². The minimum Gasteiger partial charge on any atom is -0.391 e. The molecule has 0 saturated heterocycles. The second-order valence-electron chi connectivity index (χ2n) is 7.08. The Labute approximate surface area is 164 Å². The van der Waals surface area contributed by atoms with Crippen LogP contribution in [0.1, 0.15) is 33.6 Å². The Kier molecular flexibility index (Phi) is 9.43. The fourth-order valence-corrected chi connectivity index (χ4v) is 2.74. The molecule has 28 heavy (non-hydrogen) atoms. The molecular weight excluding hydrogens is 366 g/mol. The van der Waals surface area contributed by atoms with E-state index in [-0.39, 0.29) is 11.8 Å². The van der Waals surface area contributed by atoms with Gasteiger partial charge < -0.3 is 31.7 Å². The molecule has 0 aromatic carbocycles. The first-order valence-electron chi connectivity index (χ1n) is 9.37. The summed E-state index contributed by atoms with van der Waals surface area (Å²) in [6, 6.07) is -3.08. The molecule has 1 heterocycles. The lowest BCUT2D eigenvalue weighted by atomic mass is 9.97. The zero-order valence-electron chi connectivity index (χ0n) is 16.7. The maximum atomic E-state index is 12.7. The highest BCUT2D eigenvalue weighted by molar-refractivity contribution is 5.92. The van der Waals surface area contributed by atoms with Crippen molar-refractivity contribution in [3.05, 3.63) is 12.2 Å². The Balaban J connectivity index is 2.94. The standard InChI is InChI=1S/C18H31N5O5/c1-10-7-8-20-14(25)6-5-11(2)21-16(26)13(9-10)22-17(27)15(12(3)24)23-18(28)19-4/h5-6,10-13,15,24H,7-9H2,1-4H3,(H,20,25)(H,21,26)(H,22,27)(H2,19,23,28). The molecule has 10 heteroatoms. The lowest BCUT2D eigenvalue weighted by Gasteiger charge is -2.27. The number of carbonyl (C=O) groups excluding carboxylic acids is 4. The van der Waals surface area contributed by atoms with Gasteiger partial charge in [0.1, 0.15) is 12.1 Å². The molecule has 5 atom stereocenters. The highest BCUT2D eigenvalue weighted by atomic mass is 16.3. The van der Waals surface area contributed by atoms with Crippen LogP contribution in [0.4, 0.5) is 4.79 Å². The molecule has 0 bridgehead atoms. The molecule has 158 valence electrons. The van der Waals surface area contributed by atoms with Crippen LogP contribution in [-0.4, -0.2) is 66.7 Å². The number of nitrogens with one attached hydrogen (secondary N) is 5. The van der Waals surface area contributed by atoms with Crippen LogP contribution in [0.15, 0.2) is 12.2 Å². The van der Waals surface area contributed by atoms with Gasteiger partial charge in [-0.05, 0) is 32.6 Å². The van der Waals surface area contributed by atoms with E-state index in [1.165, 1.54) is 20.0 Å². The molecule has 10 nitrogen and oxygen atoms in total. The maximum Gasteiger partial charge on any atom is 0.315 e. The predicted molar refractivity (Wildman–Crippen MR) is 103 cm³/mol. The fourth-order valence-electron chi connectivity index (χ4n) is 2.74. The Bertz CT molecular complexity index is 607. The van der Waals surface area contributed by atoms with Crippen LogP contribution in [0.25, 0.3) is 0 Å². The summed E-state index contributed by atoms with van der Waals surface area (Å²) in [5, 5.41) is 22.6. The van der Waals surface area contributed by atoms with Crippen molar-refractivity contribution in [3.8, 4) is 0 Å². The van der Waals surface area contributed by atoms with Crippen molar-refractivity contribution in [1.82, 2.24) is 26.6 Å². The topological polar surface area (TPSA) is 149 Å². The van der Waals surface area contributed by atoms with Crippen LogP contribution in [0.5, 0.6) is 0 Å². The number of aliphatic hydroxyl groups excluding tert-OH is 1. The van der Waals surface area contributed by atoms with E-state index in [1.807, 2.05) is 6.92 Å². The minimum absolute atomic E-state index is 0.0342. The SMILES string of the molecule is CNC(=O)NC(C(=O)NC1CC(C)CCNC(=O)C=CC(C)NC1=O)C(C)O. The molecule has 1 rings (SSSR count). The third-order valence-corrected chi connectivity index (χ3v) is 4.39. The second kappa shape index (κ2) is 11.3. The highest BCUT2D eigenvalue weighted by Crippen LogP contribution is 2.12. The second-order valence-corrected chi connectivity index (χ2v) is 7.08. The van der Waals surface area contributed by atoms with E-state index in [1.54, 1.807) is 13.0 Å². The number of urea groups is 1. The van der Waals surface area contributed by atoms with Gasteiger partial charge in [0.25, 0.3) is 0 Å². The summed E-state index contributed by atoms with van der Waals surface area (Å²) in [4.78, 5) is 48.4. The Morgan fingerprint density at radius 1 is 1.29 bits per heavy atom. The first kappa shape index (κ1) is 23.4. The van der Waals surface area contributed by atoms with Gasteiger partial charge in [0.05, 0.1) is 6.10 Å². The monoisotopic (exact) mass is 397 g/mol. The lowest BCUT2D eigenvalue weighted by Crippen LogP contribution is -2.58. The smallest absolute Gasteiger partial charge is 0.315 e. The summed E-state index contributed by atoms with van der Waals surface area (Å²) in [6.45, 7) is 5.45. The third kappa shape index (κ3) is 7.95. The normalized spacial score (nSPS) is 25.8. The predicted octanol–water partition coefficient (Wildman–Crippen LogP) is -1.24. The van der Waals surface area contributed by atoms with E-state index in [9.17, 15) is 24.3 Å². The summed E-state index contributed by atoms with van der Waals surface area (Å²) in [7, 11) is 1.39. The molecule has 0 fully saturated rings. The van der Waals surface area contributed by atoms with Crippen LogP contribution in [0, 0.1) is 5.92 Å². The Hall–Kier alpha value is -2.62.